The summed E-state index contributed by atoms with van der Waals surface area (Å²) in [4.78, 5) is 12.6. The highest BCUT2D eigenvalue weighted by Crippen LogP contribution is 2.71. The zero-order valence-electron chi connectivity index (χ0n) is 21.5. The second-order valence-electron chi connectivity index (χ2n) is 12.0. The highest BCUT2D eigenvalue weighted by molar-refractivity contribution is 7.85. The maximum absolute atomic E-state index is 11.6. The molecule has 4 saturated carbocycles. The Kier molecular flexibility index (Phi) is 7.42. The Balaban J connectivity index is 1.76. The van der Waals surface area contributed by atoms with E-state index in [1.165, 1.54) is 6.42 Å². The van der Waals surface area contributed by atoms with Gasteiger partial charge in [0.25, 0.3) is 10.1 Å². The summed E-state index contributed by atoms with van der Waals surface area (Å²) in [5.74, 6) is -0.620. The van der Waals surface area contributed by atoms with Crippen molar-refractivity contribution in [1.82, 2.24) is 14.9 Å². The largest absolute Gasteiger partial charge is 0.465 e. The molecule has 10 heteroatoms. The Morgan fingerprint density at radius 1 is 1.06 bits per heavy atom. The van der Waals surface area contributed by atoms with Crippen LogP contribution in [-0.2, 0) is 14.9 Å². The fourth-order valence-electron chi connectivity index (χ4n) is 8.09. The van der Waals surface area contributed by atoms with E-state index < -0.39 is 22.0 Å². The second kappa shape index (κ2) is 9.26. The van der Waals surface area contributed by atoms with Crippen LogP contribution < -0.4 is 0 Å². The molecule has 4 aliphatic carbocycles. The van der Waals surface area contributed by atoms with Crippen molar-refractivity contribution in [3.8, 4) is 0 Å². The smallest absolute Gasteiger partial charge is 0.407 e. The Bertz CT molecular complexity index is 888. The van der Waals surface area contributed by atoms with E-state index >= 15 is 0 Å². The van der Waals surface area contributed by atoms with E-state index in [0.717, 1.165) is 55.8 Å². The summed E-state index contributed by atoms with van der Waals surface area (Å²) >= 11 is 0. The van der Waals surface area contributed by atoms with Gasteiger partial charge in [0, 0.05) is 38.9 Å². The number of hydrogen-bond donors (Lipinski definition) is 2. The van der Waals surface area contributed by atoms with Crippen molar-refractivity contribution < 1.29 is 27.6 Å². The first-order chi connectivity index (χ1) is 15.5. The highest BCUT2D eigenvalue weighted by Gasteiger charge is 2.66. The number of hydrazine groups is 1. The molecule has 4 fully saturated rings. The van der Waals surface area contributed by atoms with Crippen LogP contribution in [0.5, 0.6) is 0 Å². The molecular weight excluding hydrogens is 458 g/mol. The first kappa shape index (κ1) is 27.2. The number of amides is 1. The molecule has 2 atom stereocenters. The molecule has 0 heterocycles. The van der Waals surface area contributed by atoms with Gasteiger partial charge in [-0.1, -0.05) is 27.4 Å². The van der Waals surface area contributed by atoms with Gasteiger partial charge >= 0.3 is 6.09 Å². The Labute approximate surface area is 204 Å². The van der Waals surface area contributed by atoms with Gasteiger partial charge in [0.15, 0.2) is 0 Å². The summed E-state index contributed by atoms with van der Waals surface area (Å²) in [5.41, 5.74) is 1.16. The summed E-state index contributed by atoms with van der Waals surface area (Å²) in [6.07, 6.45) is 5.13. The molecule has 4 bridgehead atoms. The van der Waals surface area contributed by atoms with Crippen molar-refractivity contribution in [2.24, 2.45) is 16.2 Å². The number of carbonyl (C=O) groups is 1. The van der Waals surface area contributed by atoms with Gasteiger partial charge in [-0.3, -0.25) is 4.55 Å². The second-order valence-corrected chi connectivity index (χ2v) is 13.6. The van der Waals surface area contributed by atoms with E-state index in [0.29, 0.717) is 0 Å². The lowest BCUT2D eigenvalue weighted by Crippen LogP contribution is -2.66. The fourth-order valence-corrected chi connectivity index (χ4v) is 8.54. The first-order valence-corrected chi connectivity index (χ1v) is 13.9. The topological polar surface area (TPSA) is 111 Å². The molecular formula is C24H43N3O6S. The standard InChI is InChI=1S/C24H43N3O6S/c1-7-25(6)27(19(2)3)18-23-13-21(4)12-22(5,14-23)16-24(15-21,17-23)33-10-8-26(20(28)29)9-11-34(30,31)32/h2,7-18H2,1,3-6H3,(H,28,29)(H,30,31,32). The molecule has 4 rings (SSSR count). The molecule has 9 nitrogen and oxygen atoms in total. The third-order valence-corrected chi connectivity index (χ3v) is 8.81. The minimum atomic E-state index is -4.23. The van der Waals surface area contributed by atoms with Crippen LogP contribution in [0.15, 0.2) is 12.3 Å². The van der Waals surface area contributed by atoms with Crippen LogP contribution >= 0.6 is 0 Å². The zero-order chi connectivity index (χ0) is 25.6. The lowest BCUT2D eigenvalue weighted by molar-refractivity contribution is -0.252. The maximum Gasteiger partial charge on any atom is 0.407 e. The average Bonchev–Trinajstić information content (AvgIpc) is 2.64. The lowest BCUT2D eigenvalue weighted by Gasteiger charge is -2.69. The van der Waals surface area contributed by atoms with Crippen LogP contribution in [0.1, 0.15) is 66.2 Å². The van der Waals surface area contributed by atoms with Crippen molar-refractivity contribution in [2.45, 2.75) is 71.8 Å². The molecule has 34 heavy (non-hydrogen) atoms. The predicted octanol–water partition coefficient (Wildman–Crippen LogP) is 3.69. The summed E-state index contributed by atoms with van der Waals surface area (Å²) in [5, 5.41) is 14.0. The van der Waals surface area contributed by atoms with Gasteiger partial charge in [-0.2, -0.15) is 8.42 Å². The minimum absolute atomic E-state index is 0.0729. The van der Waals surface area contributed by atoms with Crippen molar-refractivity contribution in [1.29, 1.82) is 0 Å². The molecule has 196 valence electrons. The Hall–Kier alpha value is -1.36. The SMILES string of the molecule is C=C(C)N(CC12CC3(C)CC(C)(C1)CC(OCCN(CCS(=O)(=O)O)C(=O)O)(C3)C2)N(C)CC. The van der Waals surface area contributed by atoms with E-state index in [1.807, 2.05) is 0 Å². The number of ether oxygens (including phenoxy) is 1. The Morgan fingerprint density at radius 2 is 1.65 bits per heavy atom. The van der Waals surface area contributed by atoms with Crippen molar-refractivity contribution in [2.75, 3.05) is 45.6 Å². The van der Waals surface area contributed by atoms with Crippen molar-refractivity contribution in [3.05, 3.63) is 12.3 Å². The lowest BCUT2D eigenvalue weighted by atomic mass is 9.39. The molecule has 0 aromatic carbocycles. The molecule has 0 aromatic heterocycles. The van der Waals surface area contributed by atoms with Gasteiger partial charge in [-0.25, -0.2) is 9.80 Å². The van der Waals surface area contributed by atoms with Crippen LogP contribution in [0.3, 0.4) is 0 Å². The fraction of sp³-hybridized carbons (Fsp3) is 0.875. The van der Waals surface area contributed by atoms with E-state index in [-0.39, 0.29) is 41.5 Å². The third-order valence-electron chi connectivity index (χ3n) is 8.11. The van der Waals surface area contributed by atoms with Crippen molar-refractivity contribution >= 4 is 16.2 Å². The van der Waals surface area contributed by atoms with E-state index in [4.69, 9.17) is 9.29 Å². The number of carboxylic acid groups (broad SMARTS) is 1. The third kappa shape index (κ3) is 6.06. The van der Waals surface area contributed by atoms with Crippen molar-refractivity contribution in [3.63, 3.8) is 0 Å². The molecule has 0 radical (unpaired) electrons. The summed E-state index contributed by atoms with van der Waals surface area (Å²) < 4.78 is 37.7. The van der Waals surface area contributed by atoms with E-state index in [9.17, 15) is 18.3 Å². The monoisotopic (exact) mass is 501 g/mol. The molecule has 0 saturated heterocycles. The van der Waals surface area contributed by atoms with Crippen LogP contribution in [0.4, 0.5) is 4.79 Å². The molecule has 0 aliphatic heterocycles. The van der Waals surface area contributed by atoms with Gasteiger partial charge in [0.1, 0.15) is 0 Å². The quantitative estimate of drug-likeness (QED) is 0.308. The number of allylic oxidation sites excluding steroid dienone is 1. The van der Waals surface area contributed by atoms with Gasteiger partial charge in [0.2, 0.25) is 0 Å². The highest BCUT2D eigenvalue weighted by atomic mass is 32.2. The zero-order valence-corrected chi connectivity index (χ0v) is 22.3. The van der Waals surface area contributed by atoms with Gasteiger partial charge in [0.05, 0.1) is 18.0 Å². The molecule has 2 N–H and O–H groups in total. The van der Waals surface area contributed by atoms with Crippen LogP contribution in [0.25, 0.3) is 0 Å². The summed E-state index contributed by atoms with van der Waals surface area (Å²) in [7, 11) is -2.13. The van der Waals surface area contributed by atoms with Gasteiger partial charge < -0.3 is 19.8 Å². The summed E-state index contributed by atoms with van der Waals surface area (Å²) in [6, 6.07) is 0. The number of nitrogens with zero attached hydrogens (tertiary/aromatic N) is 3. The van der Waals surface area contributed by atoms with Crippen LogP contribution in [-0.4, -0.2) is 90.3 Å². The first-order valence-electron chi connectivity index (χ1n) is 12.2. The van der Waals surface area contributed by atoms with Gasteiger partial charge in [-0.15, -0.1) is 0 Å². The number of rotatable bonds is 12. The molecule has 0 spiro atoms. The molecule has 0 aromatic rings. The predicted molar refractivity (Wildman–Crippen MR) is 131 cm³/mol. The van der Waals surface area contributed by atoms with E-state index in [2.05, 4.69) is 51.3 Å². The molecule has 4 aliphatic rings. The van der Waals surface area contributed by atoms with Crippen LogP contribution in [0.2, 0.25) is 0 Å². The molecule has 2 unspecified atom stereocenters. The summed E-state index contributed by atoms with van der Waals surface area (Å²) in [6.45, 7) is 15.0. The van der Waals surface area contributed by atoms with E-state index in [1.54, 1.807) is 0 Å². The minimum Gasteiger partial charge on any atom is -0.465 e. The van der Waals surface area contributed by atoms with Gasteiger partial charge in [-0.05, 0) is 61.7 Å². The maximum atomic E-state index is 11.6. The van der Waals surface area contributed by atoms with Crippen LogP contribution in [0, 0.1) is 16.2 Å². The number of hydrogen-bond acceptors (Lipinski definition) is 6. The Morgan fingerprint density at radius 3 is 2.12 bits per heavy atom. The molecule has 1 amide bonds. The normalized spacial score (nSPS) is 34.4. The average molecular weight is 502 g/mol.